The summed E-state index contributed by atoms with van der Waals surface area (Å²) in [5.41, 5.74) is 5.96. The second-order valence-electron chi connectivity index (χ2n) is 4.36. The number of hydrogen-bond donors (Lipinski definition) is 1. The quantitative estimate of drug-likeness (QED) is 0.725. The zero-order valence-corrected chi connectivity index (χ0v) is 9.63. The number of rotatable bonds is 0. The molecular weight excluding hydrogens is 212 g/mol. The minimum atomic E-state index is -0.183. The van der Waals surface area contributed by atoms with Gasteiger partial charge in [-0.05, 0) is 0 Å². The van der Waals surface area contributed by atoms with Crippen molar-refractivity contribution in [1.82, 2.24) is 14.6 Å². The van der Waals surface area contributed by atoms with E-state index in [1.54, 1.807) is 0 Å². The summed E-state index contributed by atoms with van der Waals surface area (Å²) in [4.78, 5) is 16.6. The van der Waals surface area contributed by atoms with Crippen LogP contribution in [0.5, 0.6) is 0 Å². The summed E-state index contributed by atoms with van der Waals surface area (Å²) in [6, 6.07) is 1.51. The van der Waals surface area contributed by atoms with E-state index in [1.807, 2.05) is 20.8 Å². The maximum absolute atomic E-state index is 11.7. The standard InChI is InChI=1S/C9H12N4OS/c1-9(2,3)5-4-6(14)13-8(11-5)15-7(10)12-13/h4H,1-3H3,(H2,10,12). The van der Waals surface area contributed by atoms with Crippen LogP contribution in [0.25, 0.3) is 4.96 Å². The van der Waals surface area contributed by atoms with Crippen LogP contribution in [0.1, 0.15) is 26.5 Å². The summed E-state index contributed by atoms with van der Waals surface area (Å²) < 4.78 is 1.23. The summed E-state index contributed by atoms with van der Waals surface area (Å²) in [5.74, 6) is 0. The molecule has 6 heteroatoms. The summed E-state index contributed by atoms with van der Waals surface area (Å²) in [6.07, 6.45) is 0. The highest BCUT2D eigenvalue weighted by molar-refractivity contribution is 7.20. The van der Waals surface area contributed by atoms with Crippen LogP contribution in [0, 0.1) is 0 Å². The molecular formula is C9H12N4OS. The number of nitrogen functional groups attached to an aromatic ring is 1. The van der Waals surface area contributed by atoms with Gasteiger partial charge in [0.25, 0.3) is 5.56 Å². The Morgan fingerprint density at radius 3 is 2.73 bits per heavy atom. The van der Waals surface area contributed by atoms with Gasteiger partial charge in [0.15, 0.2) is 0 Å². The fourth-order valence-corrected chi connectivity index (χ4v) is 1.88. The van der Waals surface area contributed by atoms with Crippen molar-refractivity contribution < 1.29 is 0 Å². The van der Waals surface area contributed by atoms with E-state index < -0.39 is 0 Å². The molecule has 0 saturated carbocycles. The molecule has 2 rings (SSSR count). The third-order valence-corrected chi connectivity index (χ3v) is 2.77. The van der Waals surface area contributed by atoms with Crippen LogP contribution < -0.4 is 11.3 Å². The zero-order chi connectivity index (χ0) is 11.2. The van der Waals surface area contributed by atoms with Gasteiger partial charge >= 0.3 is 0 Å². The molecule has 0 aliphatic heterocycles. The topological polar surface area (TPSA) is 73.3 Å². The number of anilines is 1. The summed E-state index contributed by atoms with van der Waals surface area (Å²) in [6.45, 7) is 6.03. The van der Waals surface area contributed by atoms with Crippen molar-refractivity contribution >= 4 is 21.4 Å². The Morgan fingerprint density at radius 1 is 1.47 bits per heavy atom. The van der Waals surface area contributed by atoms with Gasteiger partial charge in [0.2, 0.25) is 10.1 Å². The van der Waals surface area contributed by atoms with E-state index in [-0.39, 0.29) is 11.0 Å². The van der Waals surface area contributed by atoms with Crippen molar-refractivity contribution in [3.05, 3.63) is 22.1 Å². The minimum Gasteiger partial charge on any atom is -0.374 e. The van der Waals surface area contributed by atoms with Crippen LogP contribution in [0.15, 0.2) is 10.9 Å². The highest BCUT2D eigenvalue weighted by Crippen LogP contribution is 2.21. The lowest BCUT2D eigenvalue weighted by Gasteiger charge is -2.16. The van der Waals surface area contributed by atoms with E-state index in [9.17, 15) is 4.79 Å². The molecule has 0 aromatic carbocycles. The highest BCUT2D eigenvalue weighted by atomic mass is 32.1. The smallest absolute Gasteiger partial charge is 0.275 e. The van der Waals surface area contributed by atoms with Crippen molar-refractivity contribution in [2.24, 2.45) is 0 Å². The molecule has 80 valence electrons. The van der Waals surface area contributed by atoms with Crippen molar-refractivity contribution in [3.63, 3.8) is 0 Å². The average Bonchev–Trinajstić information content (AvgIpc) is 2.44. The molecule has 2 aromatic heterocycles. The Bertz CT molecular complexity index is 563. The third-order valence-electron chi connectivity index (χ3n) is 2.03. The van der Waals surface area contributed by atoms with Gasteiger partial charge < -0.3 is 5.73 Å². The second-order valence-corrected chi connectivity index (χ2v) is 5.35. The van der Waals surface area contributed by atoms with Crippen LogP contribution in [-0.2, 0) is 5.41 Å². The molecule has 0 bridgehead atoms. The fourth-order valence-electron chi connectivity index (χ4n) is 1.21. The first kappa shape index (κ1) is 10.1. The molecule has 2 heterocycles. The lowest BCUT2D eigenvalue weighted by atomic mass is 9.92. The molecule has 2 aromatic rings. The molecule has 0 aliphatic carbocycles. The normalized spacial score (nSPS) is 12.2. The zero-order valence-electron chi connectivity index (χ0n) is 8.81. The Kier molecular flexibility index (Phi) is 2.04. The Labute approximate surface area is 90.6 Å². The molecule has 0 aliphatic rings. The summed E-state index contributed by atoms with van der Waals surface area (Å²) in [7, 11) is 0. The average molecular weight is 224 g/mol. The number of hydrogen-bond acceptors (Lipinski definition) is 5. The molecule has 0 fully saturated rings. The van der Waals surface area contributed by atoms with Crippen LogP contribution in [0.3, 0.4) is 0 Å². The van der Waals surface area contributed by atoms with Gasteiger partial charge in [0.1, 0.15) is 0 Å². The van der Waals surface area contributed by atoms with Crippen molar-refractivity contribution in [2.75, 3.05) is 5.73 Å². The highest BCUT2D eigenvalue weighted by Gasteiger charge is 2.18. The SMILES string of the molecule is CC(C)(C)c1cc(=O)n2nc(N)sc2n1. The largest absolute Gasteiger partial charge is 0.374 e. The first-order valence-electron chi connectivity index (χ1n) is 4.55. The lowest BCUT2D eigenvalue weighted by molar-refractivity contribution is 0.567. The molecule has 15 heavy (non-hydrogen) atoms. The van der Waals surface area contributed by atoms with Gasteiger partial charge in [-0.1, -0.05) is 32.1 Å². The number of nitrogens with zero attached hydrogens (tertiary/aromatic N) is 3. The van der Waals surface area contributed by atoms with E-state index in [1.165, 1.54) is 21.9 Å². The minimum absolute atomic E-state index is 0.146. The van der Waals surface area contributed by atoms with E-state index in [4.69, 9.17) is 5.73 Å². The molecule has 0 spiro atoms. The fraction of sp³-hybridized carbons (Fsp3) is 0.444. The molecule has 5 nitrogen and oxygen atoms in total. The van der Waals surface area contributed by atoms with Crippen molar-refractivity contribution in [2.45, 2.75) is 26.2 Å². The first-order valence-corrected chi connectivity index (χ1v) is 5.36. The van der Waals surface area contributed by atoms with E-state index in [0.29, 0.717) is 10.1 Å². The number of nitrogens with two attached hydrogens (primary N) is 1. The predicted molar refractivity (Wildman–Crippen MR) is 60.2 cm³/mol. The predicted octanol–water partition coefficient (Wildman–Crippen LogP) is 1.03. The van der Waals surface area contributed by atoms with E-state index in [2.05, 4.69) is 10.1 Å². The summed E-state index contributed by atoms with van der Waals surface area (Å²) in [5, 5.41) is 4.23. The monoisotopic (exact) mass is 224 g/mol. The number of fused-ring (bicyclic) bond motifs is 1. The van der Waals surface area contributed by atoms with Crippen molar-refractivity contribution in [3.8, 4) is 0 Å². The van der Waals surface area contributed by atoms with Crippen LogP contribution in [0.2, 0.25) is 0 Å². The third kappa shape index (κ3) is 1.72. The molecule has 0 unspecified atom stereocenters. The van der Waals surface area contributed by atoms with Gasteiger partial charge in [-0.2, -0.15) is 4.52 Å². The Morgan fingerprint density at radius 2 is 2.13 bits per heavy atom. The summed E-state index contributed by atoms with van der Waals surface area (Å²) >= 11 is 1.22. The van der Waals surface area contributed by atoms with Gasteiger partial charge in [-0.15, -0.1) is 5.10 Å². The van der Waals surface area contributed by atoms with Gasteiger partial charge in [0.05, 0.1) is 5.69 Å². The molecule has 0 radical (unpaired) electrons. The first-order chi connectivity index (χ1) is 6.88. The van der Waals surface area contributed by atoms with Crippen LogP contribution >= 0.6 is 11.3 Å². The molecule has 0 amide bonds. The molecule has 0 atom stereocenters. The molecule has 0 saturated heterocycles. The van der Waals surface area contributed by atoms with Crippen LogP contribution in [0.4, 0.5) is 5.13 Å². The van der Waals surface area contributed by atoms with Crippen molar-refractivity contribution in [1.29, 1.82) is 0 Å². The van der Waals surface area contributed by atoms with Gasteiger partial charge in [0, 0.05) is 11.5 Å². The second kappa shape index (κ2) is 3.03. The lowest BCUT2D eigenvalue weighted by Crippen LogP contribution is -2.21. The Balaban J connectivity index is 2.78. The van der Waals surface area contributed by atoms with Crippen LogP contribution in [-0.4, -0.2) is 14.6 Å². The van der Waals surface area contributed by atoms with Gasteiger partial charge in [-0.3, -0.25) is 4.79 Å². The number of aromatic nitrogens is 3. The van der Waals surface area contributed by atoms with Gasteiger partial charge in [-0.25, -0.2) is 4.98 Å². The maximum Gasteiger partial charge on any atom is 0.275 e. The molecule has 2 N–H and O–H groups in total. The maximum atomic E-state index is 11.7. The van der Waals surface area contributed by atoms with E-state index >= 15 is 0 Å². The Hall–Kier alpha value is -1.43. The van der Waals surface area contributed by atoms with E-state index in [0.717, 1.165) is 5.69 Å².